The zero-order valence-corrected chi connectivity index (χ0v) is 19.9. The number of halogens is 1. The van der Waals surface area contributed by atoms with Gasteiger partial charge in [0.1, 0.15) is 18.7 Å². The molecule has 0 unspecified atom stereocenters. The number of nitrogens with one attached hydrogen (secondary N) is 1. The van der Waals surface area contributed by atoms with E-state index in [0.29, 0.717) is 11.1 Å². The normalized spacial score (nSPS) is 17.8. The monoisotopic (exact) mass is 498 g/mol. The summed E-state index contributed by atoms with van der Waals surface area (Å²) in [5.74, 6) is -0.795. The highest BCUT2D eigenvalue weighted by Crippen LogP contribution is 2.33. The maximum Gasteiger partial charge on any atom is 0.417 e. The number of nitrogens with zero attached hydrogens (tertiary/aromatic N) is 1. The van der Waals surface area contributed by atoms with Crippen molar-refractivity contribution < 1.29 is 22.7 Å². The molecule has 3 aromatic carbocycles. The Labute approximate surface area is 203 Å². The van der Waals surface area contributed by atoms with Crippen LogP contribution in [0.25, 0.3) is 0 Å². The lowest BCUT2D eigenvalue weighted by molar-refractivity contribution is -0.131. The Morgan fingerprint density at radius 2 is 1.59 bits per heavy atom. The number of hydrogen-bond acceptors (Lipinski definition) is 5. The molecule has 34 heavy (non-hydrogen) atoms. The molecule has 0 radical (unpaired) electrons. The first-order valence-electron chi connectivity index (χ1n) is 10.6. The SMILES string of the molecule is Cc1ccc(S(=O)(=O)N[C@@H](C(=O)N2C(=O)OC[C@@H]2c2ccccc2)[C@H](Cl)c2ccccc2)cc1. The third-order valence-electron chi connectivity index (χ3n) is 5.58. The van der Waals surface area contributed by atoms with Crippen LogP contribution in [0.15, 0.2) is 89.8 Å². The summed E-state index contributed by atoms with van der Waals surface area (Å²) < 4.78 is 34.0. The van der Waals surface area contributed by atoms with Crippen LogP contribution >= 0.6 is 11.6 Å². The molecule has 7 nitrogen and oxygen atoms in total. The molecule has 0 aliphatic carbocycles. The van der Waals surface area contributed by atoms with Crippen LogP contribution < -0.4 is 4.72 Å². The number of alkyl halides is 1. The van der Waals surface area contributed by atoms with Gasteiger partial charge in [-0.15, -0.1) is 11.6 Å². The first-order valence-corrected chi connectivity index (χ1v) is 12.5. The molecule has 0 spiro atoms. The number of amides is 2. The quantitative estimate of drug-likeness (QED) is 0.489. The van der Waals surface area contributed by atoms with Gasteiger partial charge in [-0.25, -0.2) is 18.1 Å². The lowest BCUT2D eigenvalue weighted by Crippen LogP contribution is -2.51. The Morgan fingerprint density at radius 1 is 1.00 bits per heavy atom. The number of hydrogen-bond donors (Lipinski definition) is 1. The number of rotatable bonds is 7. The molecule has 0 bridgehead atoms. The predicted molar refractivity (Wildman–Crippen MR) is 128 cm³/mol. The largest absolute Gasteiger partial charge is 0.446 e. The number of carbonyl (C=O) groups is 2. The number of imide groups is 1. The van der Waals surface area contributed by atoms with Crippen LogP contribution in [0.4, 0.5) is 4.79 Å². The molecule has 176 valence electrons. The number of aryl methyl sites for hydroxylation is 1. The molecule has 3 aromatic rings. The highest BCUT2D eigenvalue weighted by atomic mass is 35.5. The first-order chi connectivity index (χ1) is 16.3. The van der Waals surface area contributed by atoms with Crippen molar-refractivity contribution >= 4 is 33.6 Å². The Hall–Kier alpha value is -3.20. The smallest absolute Gasteiger partial charge is 0.417 e. The summed E-state index contributed by atoms with van der Waals surface area (Å²) >= 11 is 6.68. The van der Waals surface area contributed by atoms with Gasteiger partial charge in [-0.1, -0.05) is 78.4 Å². The van der Waals surface area contributed by atoms with Gasteiger partial charge in [-0.2, -0.15) is 4.72 Å². The van der Waals surface area contributed by atoms with Crippen molar-refractivity contribution in [2.45, 2.75) is 29.3 Å². The second-order valence-electron chi connectivity index (χ2n) is 7.94. The lowest BCUT2D eigenvalue weighted by atomic mass is 10.0. The minimum absolute atomic E-state index is 0.0172. The summed E-state index contributed by atoms with van der Waals surface area (Å²) in [6.07, 6.45) is -0.852. The standard InChI is InChI=1S/C25H23ClN2O5S/c1-17-12-14-20(15-13-17)34(31,32)27-23(22(26)19-10-6-3-7-11-19)24(29)28-21(16-33-25(28)30)18-8-4-2-5-9-18/h2-15,21-23,27H,16H2,1H3/t21-,22-,23-/m1/s1. The van der Waals surface area contributed by atoms with Crippen molar-refractivity contribution in [1.29, 1.82) is 0 Å². The fourth-order valence-electron chi connectivity index (χ4n) is 3.75. The molecular weight excluding hydrogens is 476 g/mol. The van der Waals surface area contributed by atoms with Crippen molar-refractivity contribution in [3.8, 4) is 0 Å². The fourth-order valence-corrected chi connectivity index (χ4v) is 5.35. The van der Waals surface area contributed by atoms with Gasteiger partial charge in [0, 0.05) is 0 Å². The van der Waals surface area contributed by atoms with Crippen LogP contribution in [0.1, 0.15) is 28.1 Å². The van der Waals surface area contributed by atoms with Gasteiger partial charge in [0.05, 0.1) is 10.3 Å². The highest BCUT2D eigenvalue weighted by molar-refractivity contribution is 7.89. The number of carbonyl (C=O) groups excluding carboxylic acids is 2. The second-order valence-corrected chi connectivity index (χ2v) is 10.1. The van der Waals surface area contributed by atoms with E-state index >= 15 is 0 Å². The Bertz CT molecular complexity index is 1270. The molecule has 1 aliphatic rings. The number of cyclic esters (lactones) is 1. The van der Waals surface area contributed by atoms with Gasteiger partial charge in [-0.05, 0) is 30.2 Å². The molecule has 3 atom stereocenters. The number of ether oxygens (including phenoxy) is 1. The van der Waals surface area contributed by atoms with E-state index in [9.17, 15) is 18.0 Å². The van der Waals surface area contributed by atoms with Crippen LogP contribution in [0, 0.1) is 6.92 Å². The molecule has 2 amide bonds. The summed E-state index contributed by atoms with van der Waals surface area (Å²) in [5, 5.41) is -1.08. The van der Waals surface area contributed by atoms with Crippen LogP contribution in [-0.4, -0.2) is 38.0 Å². The Morgan fingerprint density at radius 3 is 2.21 bits per heavy atom. The molecule has 1 aliphatic heterocycles. The van der Waals surface area contributed by atoms with Gasteiger partial charge in [-0.3, -0.25) is 4.79 Å². The van der Waals surface area contributed by atoms with E-state index in [1.54, 1.807) is 66.7 Å². The molecule has 0 aromatic heterocycles. The Kier molecular flexibility index (Phi) is 7.02. The van der Waals surface area contributed by atoms with Gasteiger partial charge in [0.2, 0.25) is 10.0 Å². The molecule has 9 heteroatoms. The van der Waals surface area contributed by atoms with Gasteiger partial charge in [0.25, 0.3) is 5.91 Å². The van der Waals surface area contributed by atoms with Crippen molar-refractivity contribution in [2.24, 2.45) is 0 Å². The Balaban J connectivity index is 1.72. The minimum atomic E-state index is -4.14. The van der Waals surface area contributed by atoms with Gasteiger partial charge in [0.15, 0.2) is 0 Å². The van der Waals surface area contributed by atoms with Crippen molar-refractivity contribution in [3.05, 3.63) is 102 Å². The molecule has 0 saturated carbocycles. The molecule has 1 N–H and O–H groups in total. The molecule has 4 rings (SSSR count). The van der Waals surface area contributed by atoms with E-state index in [-0.39, 0.29) is 11.5 Å². The fraction of sp³-hybridized carbons (Fsp3) is 0.200. The first kappa shape index (κ1) is 23.9. The maximum atomic E-state index is 13.7. The van der Waals surface area contributed by atoms with Crippen molar-refractivity contribution in [1.82, 2.24) is 9.62 Å². The zero-order valence-electron chi connectivity index (χ0n) is 18.3. The lowest BCUT2D eigenvalue weighted by Gasteiger charge is -2.28. The van der Waals surface area contributed by atoms with E-state index in [1.807, 2.05) is 13.0 Å². The predicted octanol–water partition coefficient (Wildman–Crippen LogP) is 4.34. The van der Waals surface area contributed by atoms with E-state index in [1.165, 1.54) is 12.1 Å². The van der Waals surface area contributed by atoms with Gasteiger partial charge < -0.3 is 4.74 Å². The summed E-state index contributed by atoms with van der Waals surface area (Å²) in [7, 11) is -4.14. The third kappa shape index (κ3) is 4.99. The number of benzene rings is 3. The van der Waals surface area contributed by atoms with Gasteiger partial charge >= 0.3 is 6.09 Å². The third-order valence-corrected chi connectivity index (χ3v) is 7.55. The number of sulfonamides is 1. The zero-order chi connectivity index (χ0) is 24.3. The molecular formula is C25H23ClN2O5S. The molecule has 1 heterocycles. The van der Waals surface area contributed by atoms with Crippen LogP contribution in [0.5, 0.6) is 0 Å². The minimum Gasteiger partial charge on any atom is -0.446 e. The van der Waals surface area contributed by atoms with Crippen molar-refractivity contribution in [2.75, 3.05) is 6.61 Å². The summed E-state index contributed by atoms with van der Waals surface area (Å²) in [4.78, 5) is 27.3. The van der Waals surface area contributed by atoms with E-state index in [2.05, 4.69) is 4.72 Å². The van der Waals surface area contributed by atoms with Crippen molar-refractivity contribution in [3.63, 3.8) is 0 Å². The molecule has 1 saturated heterocycles. The maximum absolute atomic E-state index is 13.7. The average Bonchev–Trinajstić information content (AvgIpc) is 3.24. The highest BCUT2D eigenvalue weighted by Gasteiger charge is 2.45. The van der Waals surface area contributed by atoms with Crippen LogP contribution in [-0.2, 0) is 19.6 Å². The average molecular weight is 499 g/mol. The summed E-state index contributed by atoms with van der Waals surface area (Å²) in [6, 6.07) is 21.6. The summed E-state index contributed by atoms with van der Waals surface area (Å²) in [5.41, 5.74) is 2.10. The van der Waals surface area contributed by atoms with E-state index < -0.39 is 39.5 Å². The second kappa shape index (κ2) is 9.97. The van der Waals surface area contributed by atoms with Crippen LogP contribution in [0.3, 0.4) is 0 Å². The summed E-state index contributed by atoms with van der Waals surface area (Å²) in [6.45, 7) is 1.80. The van der Waals surface area contributed by atoms with E-state index in [0.717, 1.165) is 10.5 Å². The molecule has 1 fully saturated rings. The topological polar surface area (TPSA) is 92.8 Å². The van der Waals surface area contributed by atoms with E-state index in [4.69, 9.17) is 16.3 Å². The van der Waals surface area contributed by atoms with Crippen LogP contribution in [0.2, 0.25) is 0 Å².